The number of aromatic nitrogens is 3. The van der Waals surface area contributed by atoms with Crippen LogP contribution in [0, 0.1) is 0 Å². The molecule has 0 bridgehead atoms. The molecular weight excluding hydrogens is 404 g/mol. The van der Waals surface area contributed by atoms with Crippen molar-refractivity contribution in [2.24, 2.45) is 0 Å². The van der Waals surface area contributed by atoms with E-state index in [9.17, 15) is 14.7 Å². The van der Waals surface area contributed by atoms with Crippen LogP contribution in [0.2, 0.25) is 5.02 Å². The lowest BCUT2D eigenvalue weighted by atomic mass is 9.96. The van der Waals surface area contributed by atoms with Crippen molar-refractivity contribution >= 4 is 29.1 Å². The molecule has 1 aliphatic heterocycles. The largest absolute Gasteiger partial charge is 0.507 e. The maximum absolute atomic E-state index is 12.9. The van der Waals surface area contributed by atoms with E-state index in [2.05, 4.69) is 9.97 Å². The number of aryl methyl sites for hydroxylation is 1. The first-order chi connectivity index (χ1) is 14.6. The topological polar surface area (TPSA) is 88.3 Å². The number of benzene rings is 1. The fraction of sp³-hybridized carbons (Fsp3) is 0.182. The molecule has 1 N–H and O–H groups in total. The number of hydrogen-bond acceptors (Lipinski definition) is 5. The van der Waals surface area contributed by atoms with Crippen LogP contribution in [-0.2, 0) is 16.1 Å². The number of carbonyl (C=O) groups excluding carboxylic acids is 2. The minimum Gasteiger partial charge on any atom is -0.507 e. The highest BCUT2D eigenvalue weighted by Gasteiger charge is 2.45. The number of aliphatic hydroxyl groups is 1. The number of hydrogen-bond donors (Lipinski definition) is 1. The highest BCUT2D eigenvalue weighted by Crippen LogP contribution is 2.39. The number of ketones is 1. The summed E-state index contributed by atoms with van der Waals surface area (Å²) in [6.45, 7) is 1.01. The van der Waals surface area contributed by atoms with E-state index in [1.165, 1.54) is 4.90 Å². The van der Waals surface area contributed by atoms with Crippen LogP contribution >= 0.6 is 11.6 Å². The molecule has 1 atom stereocenters. The molecule has 152 valence electrons. The van der Waals surface area contributed by atoms with E-state index in [4.69, 9.17) is 11.6 Å². The van der Waals surface area contributed by atoms with E-state index >= 15 is 0 Å². The Hall–Kier alpha value is -3.45. The van der Waals surface area contributed by atoms with E-state index in [0.717, 1.165) is 0 Å². The Balaban J connectivity index is 1.71. The molecule has 1 amide bonds. The molecule has 1 aliphatic rings. The smallest absolute Gasteiger partial charge is 0.295 e. The van der Waals surface area contributed by atoms with Crippen molar-refractivity contribution in [1.82, 2.24) is 19.4 Å². The summed E-state index contributed by atoms with van der Waals surface area (Å²) >= 11 is 5.93. The van der Waals surface area contributed by atoms with Gasteiger partial charge in [0.1, 0.15) is 5.76 Å². The number of pyridine rings is 1. The quantitative estimate of drug-likeness (QED) is 0.373. The number of likely N-dealkylation sites (tertiary alicyclic amines) is 1. The van der Waals surface area contributed by atoms with Gasteiger partial charge in [-0.15, -0.1) is 0 Å². The molecule has 1 fully saturated rings. The van der Waals surface area contributed by atoms with E-state index in [1.807, 2.05) is 10.8 Å². The monoisotopic (exact) mass is 422 g/mol. The van der Waals surface area contributed by atoms with E-state index in [1.54, 1.807) is 61.3 Å². The average molecular weight is 423 g/mol. The maximum atomic E-state index is 12.9. The summed E-state index contributed by atoms with van der Waals surface area (Å²) in [6.07, 6.45) is 9.07. The van der Waals surface area contributed by atoms with Crippen molar-refractivity contribution < 1.29 is 14.7 Å². The van der Waals surface area contributed by atoms with E-state index < -0.39 is 17.7 Å². The molecule has 1 unspecified atom stereocenters. The van der Waals surface area contributed by atoms with Gasteiger partial charge in [0.05, 0.1) is 17.9 Å². The number of amides is 1. The van der Waals surface area contributed by atoms with Crippen LogP contribution in [0.5, 0.6) is 0 Å². The molecule has 8 heteroatoms. The van der Waals surface area contributed by atoms with Gasteiger partial charge in [0, 0.05) is 48.5 Å². The van der Waals surface area contributed by atoms with Crippen molar-refractivity contribution in [2.75, 3.05) is 6.54 Å². The predicted octanol–water partition coefficient (Wildman–Crippen LogP) is 3.44. The summed E-state index contributed by atoms with van der Waals surface area (Å²) < 4.78 is 1.91. The van der Waals surface area contributed by atoms with E-state index in [0.29, 0.717) is 35.7 Å². The molecule has 0 aliphatic carbocycles. The molecule has 0 radical (unpaired) electrons. The van der Waals surface area contributed by atoms with Crippen LogP contribution in [0.25, 0.3) is 5.76 Å². The molecule has 3 aromatic rings. The standard InChI is InChI=1S/C22H19ClN4O3/c23-17-4-2-16(3-5-17)20(28)18-19(15-6-8-24-9-7-15)27(22(30)21(18)29)12-1-11-26-13-10-25-14-26/h2-10,13-14,19,28H,1,11-12H2/b20-18-. The van der Waals surface area contributed by atoms with Crippen molar-refractivity contribution in [1.29, 1.82) is 0 Å². The number of Topliss-reactive ketones (excluding diaryl/α,β-unsaturated/α-hetero) is 1. The van der Waals surface area contributed by atoms with Gasteiger partial charge >= 0.3 is 0 Å². The lowest BCUT2D eigenvalue weighted by Crippen LogP contribution is -2.31. The van der Waals surface area contributed by atoms with Gasteiger partial charge in [0.15, 0.2) is 0 Å². The first-order valence-corrected chi connectivity index (χ1v) is 9.84. The number of imidazole rings is 1. The lowest BCUT2D eigenvalue weighted by molar-refractivity contribution is -0.139. The Kier molecular flexibility index (Phi) is 5.63. The summed E-state index contributed by atoms with van der Waals surface area (Å²) in [4.78, 5) is 35.3. The Morgan fingerprint density at radius 2 is 1.73 bits per heavy atom. The predicted molar refractivity (Wildman–Crippen MR) is 112 cm³/mol. The Morgan fingerprint density at radius 3 is 2.40 bits per heavy atom. The summed E-state index contributed by atoms with van der Waals surface area (Å²) in [7, 11) is 0. The van der Waals surface area contributed by atoms with Crippen LogP contribution in [-0.4, -0.2) is 42.8 Å². The van der Waals surface area contributed by atoms with Gasteiger partial charge in [-0.3, -0.25) is 14.6 Å². The number of aliphatic hydroxyl groups excluding tert-OH is 1. The molecule has 1 aromatic carbocycles. The molecule has 7 nitrogen and oxygen atoms in total. The van der Waals surface area contributed by atoms with Crippen LogP contribution < -0.4 is 0 Å². The van der Waals surface area contributed by atoms with E-state index in [-0.39, 0.29) is 11.3 Å². The molecule has 1 saturated heterocycles. The third-order valence-corrected chi connectivity index (χ3v) is 5.31. The van der Waals surface area contributed by atoms with Crippen LogP contribution in [0.15, 0.2) is 73.1 Å². The zero-order valence-corrected chi connectivity index (χ0v) is 16.7. The minimum absolute atomic E-state index is 0.0659. The Labute approximate surface area is 178 Å². The number of nitrogens with zero attached hydrogens (tertiary/aromatic N) is 4. The second-order valence-corrected chi connectivity index (χ2v) is 7.37. The van der Waals surface area contributed by atoms with Gasteiger partial charge in [0.25, 0.3) is 11.7 Å². The van der Waals surface area contributed by atoms with Gasteiger partial charge in [-0.1, -0.05) is 11.6 Å². The molecular formula is C22H19ClN4O3. The molecule has 0 spiro atoms. The fourth-order valence-corrected chi connectivity index (χ4v) is 3.73. The number of rotatable bonds is 6. The van der Waals surface area contributed by atoms with Gasteiger partial charge < -0.3 is 14.6 Å². The van der Waals surface area contributed by atoms with Crippen molar-refractivity contribution in [3.8, 4) is 0 Å². The molecule has 3 heterocycles. The molecule has 0 saturated carbocycles. The number of halogens is 1. The second kappa shape index (κ2) is 8.51. The highest BCUT2D eigenvalue weighted by atomic mass is 35.5. The van der Waals surface area contributed by atoms with Gasteiger partial charge in [-0.25, -0.2) is 4.98 Å². The average Bonchev–Trinajstić information content (AvgIpc) is 3.37. The molecule has 4 rings (SSSR count). The Bertz CT molecular complexity index is 1080. The van der Waals surface area contributed by atoms with Crippen LogP contribution in [0.4, 0.5) is 0 Å². The fourth-order valence-electron chi connectivity index (χ4n) is 3.61. The van der Waals surface area contributed by atoms with Crippen LogP contribution in [0.3, 0.4) is 0 Å². The maximum Gasteiger partial charge on any atom is 0.295 e. The number of carbonyl (C=O) groups is 2. The third kappa shape index (κ3) is 3.84. The summed E-state index contributed by atoms with van der Waals surface area (Å²) in [5.74, 6) is -1.55. The molecule has 2 aromatic heterocycles. The lowest BCUT2D eigenvalue weighted by Gasteiger charge is -2.25. The second-order valence-electron chi connectivity index (χ2n) is 6.93. The first kappa shape index (κ1) is 19.8. The zero-order chi connectivity index (χ0) is 21.1. The SMILES string of the molecule is O=C1C(=O)N(CCCn2ccnc2)C(c2ccncc2)/C1=C(/O)c1ccc(Cl)cc1. The molecule has 30 heavy (non-hydrogen) atoms. The highest BCUT2D eigenvalue weighted by molar-refractivity contribution is 6.46. The minimum atomic E-state index is -0.702. The third-order valence-electron chi connectivity index (χ3n) is 5.05. The summed E-state index contributed by atoms with van der Waals surface area (Å²) in [5, 5.41) is 11.4. The summed E-state index contributed by atoms with van der Waals surface area (Å²) in [6, 6.07) is 9.29. The zero-order valence-electron chi connectivity index (χ0n) is 16.0. The van der Waals surface area contributed by atoms with Crippen LogP contribution in [0.1, 0.15) is 23.6 Å². The first-order valence-electron chi connectivity index (χ1n) is 9.46. The van der Waals surface area contributed by atoms with Crippen molar-refractivity contribution in [2.45, 2.75) is 19.0 Å². The van der Waals surface area contributed by atoms with Gasteiger partial charge in [0.2, 0.25) is 0 Å². The van der Waals surface area contributed by atoms with Crippen molar-refractivity contribution in [3.05, 3.63) is 89.2 Å². The summed E-state index contributed by atoms with van der Waals surface area (Å²) in [5.41, 5.74) is 1.20. The van der Waals surface area contributed by atoms with Crippen molar-refractivity contribution in [3.63, 3.8) is 0 Å². The van der Waals surface area contributed by atoms with Gasteiger partial charge in [-0.2, -0.15) is 0 Å². The normalized spacial score (nSPS) is 18.2. The van der Waals surface area contributed by atoms with Gasteiger partial charge in [-0.05, 0) is 48.4 Å². The Morgan fingerprint density at radius 1 is 1.00 bits per heavy atom.